The lowest BCUT2D eigenvalue weighted by molar-refractivity contribution is -0.384. The number of nitriles is 1. The highest BCUT2D eigenvalue weighted by molar-refractivity contribution is 5.76. The molecule has 0 amide bonds. The number of benzene rings is 1. The van der Waals surface area contributed by atoms with E-state index in [1.807, 2.05) is 6.07 Å². The van der Waals surface area contributed by atoms with Gasteiger partial charge in [-0.15, -0.1) is 0 Å². The second-order valence-electron chi connectivity index (χ2n) is 3.26. The third-order valence-corrected chi connectivity index (χ3v) is 2.06. The summed E-state index contributed by atoms with van der Waals surface area (Å²) < 4.78 is 4.71. The van der Waals surface area contributed by atoms with Crippen molar-refractivity contribution in [1.29, 1.82) is 5.26 Å². The molecule has 7 nitrogen and oxygen atoms in total. The summed E-state index contributed by atoms with van der Waals surface area (Å²) in [5, 5.41) is 22.1. The van der Waals surface area contributed by atoms with Crippen LogP contribution in [0.5, 0.6) is 0 Å². The molecule has 0 aromatic heterocycles. The summed E-state index contributed by atoms with van der Waals surface area (Å²) >= 11 is 0. The van der Waals surface area contributed by atoms with Crippen molar-refractivity contribution in [2.45, 2.75) is 6.92 Å². The zero-order chi connectivity index (χ0) is 13.5. The summed E-state index contributed by atoms with van der Waals surface area (Å²) in [6.45, 7) is 1.86. The van der Waals surface area contributed by atoms with E-state index in [0.29, 0.717) is 5.69 Å². The first-order chi connectivity index (χ1) is 8.58. The van der Waals surface area contributed by atoms with Gasteiger partial charge in [0, 0.05) is 12.1 Å². The Morgan fingerprint density at radius 1 is 1.61 bits per heavy atom. The predicted molar refractivity (Wildman–Crippen MR) is 62.9 cm³/mol. The van der Waals surface area contributed by atoms with Gasteiger partial charge in [0.15, 0.2) is 0 Å². The molecule has 0 unspecified atom stereocenters. The van der Waals surface area contributed by atoms with Crippen molar-refractivity contribution in [3.63, 3.8) is 0 Å². The third kappa shape index (κ3) is 3.45. The summed E-state index contributed by atoms with van der Waals surface area (Å²) in [4.78, 5) is 21.1. The highest BCUT2D eigenvalue weighted by atomic mass is 16.6. The van der Waals surface area contributed by atoms with Gasteiger partial charge in [-0.1, -0.05) is 0 Å². The average Bonchev–Trinajstić information content (AvgIpc) is 2.36. The zero-order valence-electron chi connectivity index (χ0n) is 9.67. The predicted octanol–water partition coefficient (Wildman–Crippen LogP) is 1.44. The molecule has 18 heavy (non-hydrogen) atoms. The van der Waals surface area contributed by atoms with Gasteiger partial charge in [-0.3, -0.25) is 14.9 Å². The van der Waals surface area contributed by atoms with Crippen LogP contribution in [0.1, 0.15) is 12.5 Å². The zero-order valence-corrected chi connectivity index (χ0v) is 9.67. The van der Waals surface area contributed by atoms with E-state index in [1.165, 1.54) is 12.1 Å². The lowest BCUT2D eigenvalue weighted by Gasteiger charge is -2.07. The quantitative estimate of drug-likeness (QED) is 0.481. The number of nitrogens with one attached hydrogen (secondary N) is 1. The molecule has 0 aliphatic heterocycles. The van der Waals surface area contributed by atoms with Crippen molar-refractivity contribution < 1.29 is 14.5 Å². The Morgan fingerprint density at radius 3 is 2.89 bits per heavy atom. The number of carbonyl (C=O) groups excluding carboxylic acids is 1. The maximum absolute atomic E-state index is 11.1. The molecule has 1 aromatic carbocycles. The minimum Gasteiger partial charge on any atom is -0.465 e. The minimum absolute atomic E-state index is 0.0969. The van der Waals surface area contributed by atoms with Gasteiger partial charge >= 0.3 is 5.97 Å². The third-order valence-electron chi connectivity index (χ3n) is 2.06. The number of esters is 1. The molecule has 1 N–H and O–H groups in total. The smallest absolute Gasteiger partial charge is 0.325 e. The number of nitro groups is 1. The van der Waals surface area contributed by atoms with E-state index in [9.17, 15) is 14.9 Å². The monoisotopic (exact) mass is 249 g/mol. The maximum Gasteiger partial charge on any atom is 0.325 e. The molecule has 0 aliphatic rings. The van der Waals surface area contributed by atoms with Gasteiger partial charge in [0.25, 0.3) is 5.69 Å². The molecule has 0 bridgehead atoms. The van der Waals surface area contributed by atoms with E-state index in [1.54, 1.807) is 6.92 Å². The molecule has 0 saturated carbocycles. The molecule has 0 aliphatic carbocycles. The number of nitrogens with zero attached hydrogens (tertiary/aromatic N) is 2. The summed E-state index contributed by atoms with van der Waals surface area (Å²) in [5.74, 6) is -0.459. The normalized spacial score (nSPS) is 9.33. The lowest BCUT2D eigenvalue weighted by atomic mass is 10.1. The summed E-state index contributed by atoms with van der Waals surface area (Å²) in [7, 11) is 0. The first-order valence-corrected chi connectivity index (χ1v) is 5.16. The molecule has 7 heteroatoms. The number of hydrogen-bond donors (Lipinski definition) is 1. The number of carbonyl (C=O) groups is 1. The number of hydrogen-bond acceptors (Lipinski definition) is 6. The van der Waals surface area contributed by atoms with Crippen molar-refractivity contribution in [3.05, 3.63) is 33.9 Å². The Hall–Kier alpha value is -2.62. The van der Waals surface area contributed by atoms with E-state index in [4.69, 9.17) is 10.00 Å². The number of rotatable bonds is 5. The van der Waals surface area contributed by atoms with Gasteiger partial charge in [-0.05, 0) is 13.0 Å². The summed E-state index contributed by atoms with van der Waals surface area (Å²) in [6.07, 6.45) is 0. The first-order valence-electron chi connectivity index (χ1n) is 5.16. The molecule has 1 aromatic rings. The SMILES string of the molecule is CCOC(=O)CNc1ccc([N+](=O)[O-])cc1C#N. The fourth-order valence-electron chi connectivity index (χ4n) is 1.27. The fourth-order valence-corrected chi connectivity index (χ4v) is 1.27. The average molecular weight is 249 g/mol. The highest BCUT2D eigenvalue weighted by Gasteiger charge is 2.11. The van der Waals surface area contributed by atoms with Crippen molar-refractivity contribution in [2.24, 2.45) is 0 Å². The van der Waals surface area contributed by atoms with Crippen LogP contribution in [-0.4, -0.2) is 24.0 Å². The van der Waals surface area contributed by atoms with Crippen LogP contribution in [0.3, 0.4) is 0 Å². The second kappa shape index (κ2) is 6.20. The molecular formula is C11H11N3O4. The maximum atomic E-state index is 11.1. The summed E-state index contributed by atoms with van der Waals surface area (Å²) in [5.41, 5.74) is 0.290. The topological polar surface area (TPSA) is 105 Å². The number of anilines is 1. The van der Waals surface area contributed by atoms with Gasteiger partial charge in [-0.25, -0.2) is 0 Å². The molecule has 1 rings (SSSR count). The Bertz CT molecular complexity index is 508. The highest BCUT2D eigenvalue weighted by Crippen LogP contribution is 2.21. The lowest BCUT2D eigenvalue weighted by Crippen LogP contribution is -2.17. The minimum atomic E-state index is -0.587. The van der Waals surface area contributed by atoms with Crippen molar-refractivity contribution in [1.82, 2.24) is 0 Å². The molecule has 0 fully saturated rings. The molecule has 0 radical (unpaired) electrons. The van der Waals surface area contributed by atoms with Crippen LogP contribution in [-0.2, 0) is 9.53 Å². The molecule has 0 spiro atoms. The van der Waals surface area contributed by atoms with Gasteiger partial charge in [-0.2, -0.15) is 5.26 Å². The number of non-ortho nitro benzene ring substituents is 1. The van der Waals surface area contributed by atoms with Crippen LogP contribution in [0.2, 0.25) is 0 Å². The van der Waals surface area contributed by atoms with E-state index >= 15 is 0 Å². The largest absolute Gasteiger partial charge is 0.465 e. The first kappa shape index (κ1) is 13.4. The molecular weight excluding hydrogens is 238 g/mol. The number of ether oxygens (including phenoxy) is 1. The molecule has 0 heterocycles. The van der Waals surface area contributed by atoms with E-state index in [0.717, 1.165) is 6.07 Å². The Kier molecular flexibility index (Phi) is 4.63. The standard InChI is InChI=1S/C11H11N3O4/c1-2-18-11(15)7-13-10-4-3-9(14(16)17)5-8(10)6-12/h3-5,13H,2,7H2,1H3. The fraction of sp³-hybridized carbons (Fsp3) is 0.273. The Labute approximate surface area is 103 Å². The van der Waals surface area contributed by atoms with Crippen LogP contribution in [0.4, 0.5) is 11.4 Å². The van der Waals surface area contributed by atoms with Crippen LogP contribution < -0.4 is 5.32 Å². The molecule has 94 valence electrons. The van der Waals surface area contributed by atoms with Crippen molar-refractivity contribution in [3.8, 4) is 6.07 Å². The Balaban J connectivity index is 2.81. The van der Waals surface area contributed by atoms with E-state index < -0.39 is 10.9 Å². The van der Waals surface area contributed by atoms with E-state index in [-0.39, 0.29) is 24.4 Å². The van der Waals surface area contributed by atoms with Crippen LogP contribution in [0.15, 0.2) is 18.2 Å². The van der Waals surface area contributed by atoms with Gasteiger partial charge in [0.05, 0.1) is 22.8 Å². The van der Waals surface area contributed by atoms with Crippen molar-refractivity contribution in [2.75, 3.05) is 18.5 Å². The summed E-state index contributed by atoms with van der Waals surface area (Å²) in [6, 6.07) is 5.62. The molecule has 0 saturated heterocycles. The second-order valence-corrected chi connectivity index (χ2v) is 3.26. The van der Waals surface area contributed by atoms with Gasteiger partial charge in [0.2, 0.25) is 0 Å². The van der Waals surface area contributed by atoms with Crippen LogP contribution in [0, 0.1) is 21.4 Å². The van der Waals surface area contributed by atoms with Gasteiger partial charge < -0.3 is 10.1 Å². The van der Waals surface area contributed by atoms with Gasteiger partial charge in [0.1, 0.15) is 12.6 Å². The number of nitro benzene ring substituents is 1. The Morgan fingerprint density at radius 2 is 2.33 bits per heavy atom. The molecule has 0 atom stereocenters. The van der Waals surface area contributed by atoms with E-state index in [2.05, 4.69) is 5.32 Å². The van der Waals surface area contributed by atoms with Crippen LogP contribution >= 0.6 is 0 Å². The van der Waals surface area contributed by atoms with Crippen LogP contribution in [0.25, 0.3) is 0 Å². The van der Waals surface area contributed by atoms with Crippen molar-refractivity contribution >= 4 is 17.3 Å².